The van der Waals surface area contributed by atoms with E-state index in [4.69, 9.17) is 0 Å². The third-order valence-electron chi connectivity index (χ3n) is 3.50. The van der Waals surface area contributed by atoms with Gasteiger partial charge in [-0.2, -0.15) is 0 Å². The summed E-state index contributed by atoms with van der Waals surface area (Å²) in [6.07, 6.45) is 0.903. The third kappa shape index (κ3) is 2.63. The van der Waals surface area contributed by atoms with Gasteiger partial charge in [-0.1, -0.05) is 24.3 Å². The second-order valence-electron chi connectivity index (χ2n) is 4.93. The molecule has 0 aliphatic carbocycles. The van der Waals surface area contributed by atoms with Crippen LogP contribution in [-0.2, 0) is 4.79 Å². The molecule has 1 aromatic carbocycles. The van der Waals surface area contributed by atoms with Crippen LogP contribution in [0.5, 0.6) is 0 Å². The molecule has 4 heteroatoms. The van der Waals surface area contributed by atoms with Gasteiger partial charge in [-0.15, -0.1) is 0 Å². The molecule has 1 heterocycles. The second-order valence-corrected chi connectivity index (χ2v) is 4.93. The topological polar surface area (TPSA) is 43.8 Å². The highest BCUT2D eigenvalue weighted by molar-refractivity contribution is 5.98. The largest absolute Gasteiger partial charge is 0.391 e. The predicted octanol–water partition coefficient (Wildman–Crippen LogP) is 1.54. The summed E-state index contributed by atoms with van der Waals surface area (Å²) in [5.41, 5.74) is 2.04. The van der Waals surface area contributed by atoms with Crippen molar-refractivity contribution in [3.8, 4) is 0 Å². The Bertz CT molecular complexity index is 468. The van der Waals surface area contributed by atoms with Crippen molar-refractivity contribution in [3.05, 3.63) is 42.6 Å². The lowest BCUT2D eigenvalue weighted by atomic mass is 10.1. The van der Waals surface area contributed by atoms with Crippen LogP contribution in [0, 0.1) is 6.92 Å². The van der Waals surface area contributed by atoms with E-state index in [1.54, 1.807) is 22.9 Å². The Balaban J connectivity index is 2.26. The summed E-state index contributed by atoms with van der Waals surface area (Å²) in [7, 11) is 0. The molecular weight excluding hydrogens is 240 g/mol. The average Bonchev–Trinajstić information content (AvgIpc) is 2.39. The number of nitrogens with zero attached hydrogens (tertiary/aromatic N) is 2. The van der Waals surface area contributed by atoms with Gasteiger partial charge in [0.25, 0.3) is 5.91 Å². The van der Waals surface area contributed by atoms with Gasteiger partial charge >= 0.3 is 0 Å². The minimum absolute atomic E-state index is 0.0787. The van der Waals surface area contributed by atoms with Crippen molar-refractivity contribution in [1.29, 1.82) is 0 Å². The quantitative estimate of drug-likeness (QED) is 0.896. The van der Waals surface area contributed by atoms with E-state index in [0.29, 0.717) is 13.1 Å². The number of rotatable bonds is 3. The van der Waals surface area contributed by atoms with Crippen molar-refractivity contribution < 1.29 is 9.90 Å². The zero-order valence-corrected chi connectivity index (χ0v) is 11.4. The Morgan fingerprint density at radius 2 is 2.00 bits per heavy atom. The molecule has 0 saturated carbocycles. The minimum Gasteiger partial charge on any atom is -0.391 e. The summed E-state index contributed by atoms with van der Waals surface area (Å²) in [5.74, 6) is -0.0787. The zero-order valence-electron chi connectivity index (χ0n) is 11.4. The standard InChI is InChI=1S/C15H20N2O2/c1-4-16-9-10-17(15(19)14(16)12(3)18)13-7-5-11(2)6-8-13/h4-8,12,14,18H,1,9-10H2,2-3H3. The van der Waals surface area contributed by atoms with Gasteiger partial charge in [-0.05, 0) is 32.2 Å². The number of aliphatic hydroxyl groups excluding tert-OH is 1. The molecule has 1 N–H and O–H groups in total. The molecule has 1 aliphatic rings. The molecule has 4 nitrogen and oxygen atoms in total. The molecule has 2 atom stereocenters. The van der Waals surface area contributed by atoms with Gasteiger partial charge in [0.2, 0.25) is 0 Å². The van der Waals surface area contributed by atoms with Crippen molar-refractivity contribution >= 4 is 11.6 Å². The first-order valence-corrected chi connectivity index (χ1v) is 6.49. The van der Waals surface area contributed by atoms with Crippen LogP contribution in [0.2, 0.25) is 0 Å². The summed E-state index contributed by atoms with van der Waals surface area (Å²) in [6, 6.07) is 7.30. The van der Waals surface area contributed by atoms with Gasteiger partial charge in [0, 0.05) is 18.8 Å². The summed E-state index contributed by atoms with van der Waals surface area (Å²) in [5, 5.41) is 9.82. The summed E-state index contributed by atoms with van der Waals surface area (Å²) >= 11 is 0. The molecule has 0 spiro atoms. The van der Waals surface area contributed by atoms with Crippen LogP contribution in [0.25, 0.3) is 0 Å². The van der Waals surface area contributed by atoms with Crippen molar-refractivity contribution in [1.82, 2.24) is 4.90 Å². The summed E-state index contributed by atoms with van der Waals surface area (Å²) in [6.45, 7) is 8.64. The average molecular weight is 260 g/mol. The molecule has 0 radical (unpaired) electrons. The van der Waals surface area contributed by atoms with E-state index in [1.165, 1.54) is 0 Å². The first-order chi connectivity index (χ1) is 9.04. The number of aryl methyl sites for hydroxylation is 1. The molecule has 1 aromatic rings. The van der Waals surface area contributed by atoms with E-state index in [0.717, 1.165) is 11.3 Å². The minimum atomic E-state index is -0.723. The highest BCUT2D eigenvalue weighted by atomic mass is 16.3. The Morgan fingerprint density at radius 3 is 2.53 bits per heavy atom. The number of carbonyl (C=O) groups is 1. The molecule has 102 valence electrons. The molecular formula is C15H20N2O2. The van der Waals surface area contributed by atoms with Crippen LogP contribution in [0.1, 0.15) is 12.5 Å². The maximum absolute atomic E-state index is 12.5. The monoisotopic (exact) mass is 260 g/mol. The van der Waals surface area contributed by atoms with E-state index in [-0.39, 0.29) is 5.91 Å². The van der Waals surface area contributed by atoms with Gasteiger partial charge in [-0.25, -0.2) is 0 Å². The van der Waals surface area contributed by atoms with Gasteiger partial charge in [0.1, 0.15) is 6.04 Å². The zero-order chi connectivity index (χ0) is 14.0. The molecule has 1 amide bonds. The first kappa shape index (κ1) is 13.6. The van der Waals surface area contributed by atoms with Crippen molar-refractivity contribution in [2.75, 3.05) is 18.0 Å². The van der Waals surface area contributed by atoms with Crippen LogP contribution in [0.4, 0.5) is 5.69 Å². The maximum atomic E-state index is 12.5. The number of hydrogen-bond acceptors (Lipinski definition) is 3. The van der Waals surface area contributed by atoms with Gasteiger partial charge in [0.15, 0.2) is 0 Å². The van der Waals surface area contributed by atoms with Crippen molar-refractivity contribution in [2.45, 2.75) is 26.0 Å². The Labute approximate surface area is 113 Å². The molecule has 1 saturated heterocycles. The lowest BCUT2D eigenvalue weighted by Gasteiger charge is -2.41. The molecule has 1 fully saturated rings. The number of carbonyl (C=O) groups excluding carboxylic acids is 1. The van der Waals surface area contributed by atoms with Crippen LogP contribution >= 0.6 is 0 Å². The van der Waals surface area contributed by atoms with Crippen LogP contribution in [0.15, 0.2) is 37.0 Å². The lowest BCUT2D eigenvalue weighted by molar-refractivity contribution is -0.128. The summed E-state index contributed by atoms with van der Waals surface area (Å²) < 4.78 is 0. The highest BCUT2D eigenvalue weighted by Gasteiger charge is 2.36. The molecule has 19 heavy (non-hydrogen) atoms. The number of benzene rings is 1. The molecule has 2 rings (SSSR count). The summed E-state index contributed by atoms with van der Waals surface area (Å²) in [4.78, 5) is 16.0. The predicted molar refractivity (Wildman–Crippen MR) is 75.9 cm³/mol. The Hall–Kier alpha value is -1.81. The fraction of sp³-hybridized carbons (Fsp3) is 0.400. The Morgan fingerprint density at radius 1 is 1.37 bits per heavy atom. The smallest absolute Gasteiger partial charge is 0.252 e. The van der Waals surface area contributed by atoms with E-state index in [9.17, 15) is 9.90 Å². The SMILES string of the molecule is C=CN1CCN(c2ccc(C)cc2)C(=O)C1C(C)O. The van der Waals surface area contributed by atoms with Crippen molar-refractivity contribution in [2.24, 2.45) is 0 Å². The highest BCUT2D eigenvalue weighted by Crippen LogP contribution is 2.22. The van der Waals surface area contributed by atoms with E-state index >= 15 is 0 Å². The van der Waals surface area contributed by atoms with Crippen LogP contribution in [0.3, 0.4) is 0 Å². The first-order valence-electron chi connectivity index (χ1n) is 6.49. The third-order valence-corrected chi connectivity index (χ3v) is 3.50. The van der Waals surface area contributed by atoms with Crippen molar-refractivity contribution in [3.63, 3.8) is 0 Å². The molecule has 0 bridgehead atoms. The lowest BCUT2D eigenvalue weighted by Crippen LogP contribution is -2.59. The number of piperazine rings is 1. The maximum Gasteiger partial charge on any atom is 0.252 e. The van der Waals surface area contributed by atoms with E-state index in [2.05, 4.69) is 6.58 Å². The second kappa shape index (κ2) is 5.45. The molecule has 1 aliphatic heterocycles. The van der Waals surface area contributed by atoms with E-state index < -0.39 is 12.1 Å². The Kier molecular flexibility index (Phi) is 3.90. The number of hydrogen-bond donors (Lipinski definition) is 1. The van der Waals surface area contributed by atoms with Gasteiger partial charge in [-0.3, -0.25) is 4.79 Å². The van der Waals surface area contributed by atoms with Crippen LogP contribution < -0.4 is 4.90 Å². The fourth-order valence-electron chi connectivity index (χ4n) is 2.44. The van der Waals surface area contributed by atoms with Gasteiger partial charge in [0.05, 0.1) is 6.10 Å². The molecule has 0 aromatic heterocycles. The van der Waals surface area contributed by atoms with E-state index in [1.807, 2.05) is 31.2 Å². The normalized spacial score (nSPS) is 21.4. The van der Waals surface area contributed by atoms with Gasteiger partial charge < -0.3 is 14.9 Å². The fourth-order valence-corrected chi connectivity index (χ4v) is 2.44. The molecule has 2 unspecified atom stereocenters. The number of anilines is 1. The number of amides is 1. The van der Waals surface area contributed by atoms with Crippen LogP contribution in [-0.4, -0.2) is 41.1 Å². The number of aliphatic hydroxyl groups is 1.